The van der Waals surface area contributed by atoms with Gasteiger partial charge in [0.05, 0.1) is 22.4 Å². The van der Waals surface area contributed by atoms with E-state index in [-0.39, 0.29) is 17.4 Å². The predicted molar refractivity (Wildman–Crippen MR) is 142 cm³/mol. The molecule has 0 saturated carbocycles. The molecule has 1 saturated heterocycles. The summed E-state index contributed by atoms with van der Waals surface area (Å²) in [6, 6.07) is 11.9. The number of anilines is 1. The van der Waals surface area contributed by atoms with Crippen molar-refractivity contribution in [1.29, 1.82) is 0 Å². The van der Waals surface area contributed by atoms with Gasteiger partial charge in [0, 0.05) is 23.5 Å². The third kappa shape index (κ3) is 5.38. The first kappa shape index (κ1) is 25.8. The molecule has 6 nitrogen and oxygen atoms in total. The Hall–Kier alpha value is -3.85. The number of hydrogen-bond acceptors (Lipinski definition) is 3. The quantitative estimate of drug-likeness (QED) is 0.275. The second kappa shape index (κ2) is 10.5. The number of halogens is 3. The van der Waals surface area contributed by atoms with E-state index >= 15 is 0 Å². The Bertz CT molecular complexity index is 1400. The molecule has 0 radical (unpaired) electrons. The van der Waals surface area contributed by atoms with Gasteiger partial charge in [-0.2, -0.15) is 13.2 Å². The second-order valence-electron chi connectivity index (χ2n) is 9.76. The number of rotatable bonds is 7. The van der Waals surface area contributed by atoms with Crippen LogP contribution in [0.2, 0.25) is 0 Å². The molecule has 3 heterocycles. The van der Waals surface area contributed by atoms with Gasteiger partial charge in [0.2, 0.25) is 0 Å². The molecule has 0 spiro atoms. The average molecular weight is 523 g/mol. The maximum Gasteiger partial charge on any atom is 0.416 e. The van der Waals surface area contributed by atoms with Gasteiger partial charge in [-0.1, -0.05) is 24.3 Å². The first-order chi connectivity index (χ1) is 18.2. The number of carbonyl (C=O) groups is 2. The normalized spacial score (nSPS) is 16.6. The van der Waals surface area contributed by atoms with Crippen LogP contribution in [-0.2, 0) is 11.0 Å². The summed E-state index contributed by atoms with van der Waals surface area (Å²) in [6.07, 6.45) is 0.406. The van der Waals surface area contributed by atoms with E-state index < -0.39 is 11.7 Å². The summed E-state index contributed by atoms with van der Waals surface area (Å²) in [4.78, 5) is 31.5. The van der Waals surface area contributed by atoms with Crippen LogP contribution in [0.4, 0.5) is 18.9 Å². The maximum atomic E-state index is 13.4. The first-order valence-corrected chi connectivity index (χ1v) is 12.7. The lowest BCUT2D eigenvalue weighted by molar-refractivity contribution is -0.137. The number of hydrogen-bond donors (Lipinski definition) is 3. The summed E-state index contributed by atoms with van der Waals surface area (Å²) in [7, 11) is 0. The molecule has 38 heavy (non-hydrogen) atoms. The number of amides is 2. The van der Waals surface area contributed by atoms with Crippen molar-refractivity contribution in [2.24, 2.45) is 0 Å². The van der Waals surface area contributed by atoms with Crippen LogP contribution in [0.1, 0.15) is 52.1 Å². The molecule has 1 fully saturated rings. The van der Waals surface area contributed by atoms with Gasteiger partial charge in [0.15, 0.2) is 0 Å². The van der Waals surface area contributed by atoms with E-state index in [0.29, 0.717) is 40.2 Å². The molecule has 2 aromatic carbocycles. The van der Waals surface area contributed by atoms with Gasteiger partial charge in [-0.25, -0.2) is 0 Å². The molecule has 198 valence electrons. The highest BCUT2D eigenvalue weighted by Crippen LogP contribution is 2.42. The molecule has 5 rings (SSSR count). The van der Waals surface area contributed by atoms with Crippen LogP contribution in [-0.4, -0.2) is 47.9 Å². The van der Waals surface area contributed by atoms with Gasteiger partial charge < -0.3 is 20.5 Å². The van der Waals surface area contributed by atoms with E-state index in [1.807, 2.05) is 6.92 Å². The van der Waals surface area contributed by atoms with Crippen molar-refractivity contribution >= 4 is 29.2 Å². The molecule has 3 aromatic rings. The summed E-state index contributed by atoms with van der Waals surface area (Å²) in [5, 5.41) is 5.77. The van der Waals surface area contributed by atoms with E-state index in [1.54, 1.807) is 36.4 Å². The Labute approximate surface area is 218 Å². The summed E-state index contributed by atoms with van der Waals surface area (Å²) >= 11 is 0. The fourth-order valence-electron chi connectivity index (χ4n) is 5.15. The Morgan fingerprint density at radius 3 is 2.63 bits per heavy atom. The van der Waals surface area contributed by atoms with E-state index in [1.165, 1.54) is 18.9 Å². The molecule has 0 atom stereocenters. The lowest BCUT2D eigenvalue weighted by Gasteiger charge is -2.14. The number of likely N-dealkylation sites (tertiary alicyclic amines) is 1. The molecule has 0 unspecified atom stereocenters. The predicted octanol–water partition coefficient (Wildman–Crippen LogP) is 5.72. The number of nitrogens with zero attached hydrogens (tertiary/aromatic N) is 1. The molecule has 3 N–H and O–H groups in total. The number of alkyl halides is 3. The number of carbonyl (C=O) groups excluding carboxylic acids is 2. The van der Waals surface area contributed by atoms with Crippen LogP contribution in [0.15, 0.2) is 48.5 Å². The van der Waals surface area contributed by atoms with Crippen LogP contribution in [0, 0.1) is 6.92 Å². The Balaban J connectivity index is 1.43. The lowest BCUT2D eigenvalue weighted by Crippen LogP contribution is -2.28. The van der Waals surface area contributed by atoms with Crippen LogP contribution < -0.4 is 10.6 Å². The first-order valence-electron chi connectivity index (χ1n) is 12.7. The number of fused-ring (bicyclic) bond motifs is 1. The van der Waals surface area contributed by atoms with Gasteiger partial charge >= 0.3 is 6.18 Å². The van der Waals surface area contributed by atoms with Crippen molar-refractivity contribution in [2.45, 2.75) is 32.4 Å². The minimum atomic E-state index is -4.49. The molecule has 2 amide bonds. The molecule has 2 aliphatic rings. The Morgan fingerprint density at radius 2 is 1.87 bits per heavy atom. The molecular weight excluding hydrogens is 493 g/mol. The van der Waals surface area contributed by atoms with Gasteiger partial charge in [-0.05, 0) is 87.3 Å². The van der Waals surface area contributed by atoms with Gasteiger partial charge in [-0.15, -0.1) is 0 Å². The van der Waals surface area contributed by atoms with Crippen molar-refractivity contribution in [3.05, 3.63) is 76.6 Å². The van der Waals surface area contributed by atoms with E-state index in [0.717, 1.165) is 43.9 Å². The number of benzene rings is 2. The highest BCUT2D eigenvalue weighted by molar-refractivity contribution is 6.36. The zero-order chi connectivity index (χ0) is 26.9. The minimum Gasteiger partial charge on any atom is -0.358 e. The topological polar surface area (TPSA) is 77.2 Å². The number of aromatic nitrogens is 1. The van der Waals surface area contributed by atoms with Crippen molar-refractivity contribution in [2.75, 3.05) is 31.5 Å². The largest absolute Gasteiger partial charge is 0.416 e. The SMILES string of the molecule is Cc1cc(C(=O)NCCCN2CCCC2)c(C=C2C(=O)Nc3cccc(-c4cccc(C(F)(F)F)c4)c32)[nH]1. The fourth-order valence-corrected chi connectivity index (χ4v) is 5.15. The standard InChI is InChI=1S/C29H29F3N4O2/c1-18-15-22(27(37)33-11-6-14-36-12-2-3-13-36)25(34-18)17-23-26-21(9-5-10-24(26)35-28(23)38)19-7-4-8-20(16-19)29(30,31)32/h4-5,7-10,15-17,34H,2-3,6,11-14H2,1H3,(H,33,37)(H,35,38). The van der Waals surface area contributed by atoms with Gasteiger partial charge in [-0.3, -0.25) is 9.59 Å². The van der Waals surface area contributed by atoms with Gasteiger partial charge in [0.25, 0.3) is 11.8 Å². The highest BCUT2D eigenvalue weighted by Gasteiger charge is 2.32. The Morgan fingerprint density at radius 1 is 1.11 bits per heavy atom. The molecular formula is C29H29F3N4O2. The van der Waals surface area contributed by atoms with Crippen LogP contribution in [0.3, 0.4) is 0 Å². The van der Waals surface area contributed by atoms with Crippen molar-refractivity contribution in [3.8, 4) is 11.1 Å². The number of aryl methyl sites for hydroxylation is 1. The smallest absolute Gasteiger partial charge is 0.358 e. The summed E-state index contributed by atoms with van der Waals surface area (Å²) < 4.78 is 40.1. The lowest BCUT2D eigenvalue weighted by atomic mass is 9.93. The third-order valence-electron chi connectivity index (χ3n) is 6.98. The summed E-state index contributed by atoms with van der Waals surface area (Å²) in [6.45, 7) is 5.52. The van der Waals surface area contributed by atoms with Crippen LogP contribution >= 0.6 is 0 Å². The fraction of sp³-hybridized carbons (Fsp3) is 0.310. The monoisotopic (exact) mass is 522 g/mol. The molecule has 0 bridgehead atoms. The molecule has 2 aliphatic heterocycles. The number of H-pyrrole nitrogens is 1. The van der Waals surface area contributed by atoms with Crippen molar-refractivity contribution in [3.63, 3.8) is 0 Å². The number of aromatic amines is 1. The Kier molecular flexibility index (Phi) is 7.12. The average Bonchev–Trinajstić information content (AvgIpc) is 3.61. The minimum absolute atomic E-state index is 0.243. The second-order valence-corrected chi connectivity index (χ2v) is 9.76. The molecule has 0 aliphatic carbocycles. The molecule has 1 aromatic heterocycles. The van der Waals surface area contributed by atoms with Crippen LogP contribution in [0.5, 0.6) is 0 Å². The highest BCUT2D eigenvalue weighted by atomic mass is 19.4. The zero-order valence-electron chi connectivity index (χ0n) is 21.0. The summed E-state index contributed by atoms with van der Waals surface area (Å²) in [5.74, 6) is -0.629. The van der Waals surface area contributed by atoms with E-state index in [9.17, 15) is 22.8 Å². The van der Waals surface area contributed by atoms with Crippen molar-refractivity contribution in [1.82, 2.24) is 15.2 Å². The third-order valence-corrected chi connectivity index (χ3v) is 6.98. The van der Waals surface area contributed by atoms with Gasteiger partial charge in [0.1, 0.15) is 0 Å². The van der Waals surface area contributed by atoms with Crippen LogP contribution in [0.25, 0.3) is 22.8 Å². The molecule has 9 heteroatoms. The van der Waals surface area contributed by atoms with E-state index in [4.69, 9.17) is 0 Å². The number of nitrogens with one attached hydrogen (secondary N) is 3. The van der Waals surface area contributed by atoms with E-state index in [2.05, 4.69) is 20.5 Å². The maximum absolute atomic E-state index is 13.4. The summed E-state index contributed by atoms with van der Waals surface area (Å²) in [5.41, 5.74) is 2.99. The van der Waals surface area contributed by atoms with Crippen molar-refractivity contribution < 1.29 is 22.8 Å². The zero-order valence-corrected chi connectivity index (χ0v) is 21.0.